The van der Waals surface area contributed by atoms with Crippen LogP contribution >= 0.6 is 23.4 Å². The Bertz CT molecular complexity index is 651. The predicted octanol–water partition coefficient (Wildman–Crippen LogP) is -0.157. The van der Waals surface area contributed by atoms with E-state index >= 15 is 0 Å². The van der Waals surface area contributed by atoms with Crippen LogP contribution in [-0.2, 0) is 24.3 Å². The lowest BCUT2D eigenvalue weighted by Gasteiger charge is -2.48. The molecular weight excluding hydrogens is 366 g/mol. The Morgan fingerprint density at radius 3 is 2.83 bits per heavy atom. The molecule has 2 heterocycles. The lowest BCUT2D eigenvalue weighted by molar-refractivity contribution is -0.285. The Morgan fingerprint density at radius 1 is 1.58 bits per heavy atom. The number of halogens is 1. The van der Waals surface area contributed by atoms with Gasteiger partial charge in [-0.15, -0.1) is 28.8 Å². The number of β-lactam (4-membered cyclic amide) rings is 1. The first-order valence-electron chi connectivity index (χ1n) is 6.40. The minimum absolute atomic E-state index is 0.132. The van der Waals surface area contributed by atoms with Gasteiger partial charge in [-0.1, -0.05) is 17.6 Å². The van der Waals surface area contributed by atoms with Crippen LogP contribution in [0.2, 0.25) is 0 Å². The number of alkyl halides is 1. The molecule has 2 rings (SSSR count). The van der Waals surface area contributed by atoms with Gasteiger partial charge in [0.15, 0.2) is 0 Å². The molecule has 12 heteroatoms. The number of fused-ring (bicyclic) bond motifs is 1. The molecule has 2 aliphatic rings. The first kappa shape index (κ1) is 18.3. The highest BCUT2D eigenvalue weighted by Gasteiger charge is 2.54. The second-order valence-corrected chi connectivity index (χ2v) is 5.89. The molecule has 1 fully saturated rings. The van der Waals surface area contributed by atoms with E-state index in [1.54, 1.807) is 0 Å². The van der Waals surface area contributed by atoms with Gasteiger partial charge in [-0.2, -0.15) is 0 Å². The molecule has 0 bridgehead atoms. The standard InChI is InChI=1S/C12H12ClN3O7S/c1-2-5-4-24-11-7(10(18)16(11)8(5)12(19)20)15-23-22-9(14-21)6(17)3-13/h2,7,11,15,21H,1,3-4H2,(H,19,20)/b14-9-. The zero-order valence-electron chi connectivity index (χ0n) is 12.0. The van der Waals surface area contributed by atoms with Crippen molar-refractivity contribution in [2.24, 2.45) is 5.16 Å². The molecule has 0 spiro atoms. The molecule has 2 unspecified atom stereocenters. The van der Waals surface area contributed by atoms with Gasteiger partial charge >= 0.3 is 11.9 Å². The van der Waals surface area contributed by atoms with E-state index in [1.165, 1.54) is 17.8 Å². The zero-order valence-corrected chi connectivity index (χ0v) is 13.5. The van der Waals surface area contributed by atoms with Gasteiger partial charge in [0.05, 0.1) is 5.88 Å². The number of hydrogen-bond acceptors (Lipinski definition) is 9. The van der Waals surface area contributed by atoms with Crippen molar-refractivity contribution in [3.8, 4) is 0 Å². The number of hydrogen-bond donors (Lipinski definition) is 3. The zero-order chi connectivity index (χ0) is 17.9. The SMILES string of the molecule is C=CC1=C(C(=O)O)N2C(=O)C(NOO/C(=N\O)C(=O)CCl)C2SC1. The van der Waals surface area contributed by atoms with E-state index in [0.717, 1.165) is 4.90 Å². The van der Waals surface area contributed by atoms with Crippen LogP contribution < -0.4 is 5.48 Å². The smallest absolute Gasteiger partial charge is 0.352 e. The maximum absolute atomic E-state index is 12.1. The first-order valence-corrected chi connectivity index (χ1v) is 7.98. The van der Waals surface area contributed by atoms with Crippen LogP contribution in [-0.4, -0.2) is 61.8 Å². The maximum Gasteiger partial charge on any atom is 0.352 e. The Hall–Kier alpha value is -2.08. The minimum Gasteiger partial charge on any atom is -0.477 e. The number of ketones is 1. The number of allylic oxidation sites excluding steroid dienone is 1. The number of hydroxylamine groups is 1. The van der Waals surface area contributed by atoms with E-state index in [4.69, 9.17) is 16.8 Å². The number of carboxylic acids is 1. The van der Waals surface area contributed by atoms with Crippen molar-refractivity contribution in [2.45, 2.75) is 11.4 Å². The number of aliphatic carboxylic acids is 1. The number of amides is 1. The van der Waals surface area contributed by atoms with Crippen molar-refractivity contribution in [1.82, 2.24) is 10.4 Å². The summed E-state index contributed by atoms with van der Waals surface area (Å²) in [5.41, 5.74) is 2.55. The number of nitrogens with zero attached hydrogens (tertiary/aromatic N) is 2. The van der Waals surface area contributed by atoms with Gasteiger partial charge in [-0.3, -0.25) is 19.4 Å². The molecule has 0 aromatic heterocycles. The van der Waals surface area contributed by atoms with E-state index in [1.807, 2.05) is 0 Å². The van der Waals surface area contributed by atoms with E-state index in [-0.39, 0.29) is 5.70 Å². The van der Waals surface area contributed by atoms with Crippen LogP contribution in [0.3, 0.4) is 0 Å². The van der Waals surface area contributed by atoms with Crippen molar-refractivity contribution in [3.05, 3.63) is 23.9 Å². The lowest BCUT2D eigenvalue weighted by Crippen LogP contribution is -2.69. The number of carbonyl (C=O) groups is 3. The molecule has 0 saturated carbocycles. The number of rotatable bonds is 7. The Labute approximate surface area is 144 Å². The highest BCUT2D eigenvalue weighted by atomic mass is 35.5. The summed E-state index contributed by atoms with van der Waals surface area (Å²) in [5.74, 6) is -3.56. The van der Waals surface area contributed by atoms with Crippen molar-refractivity contribution < 1.29 is 34.6 Å². The van der Waals surface area contributed by atoms with E-state index < -0.39 is 40.9 Å². The Morgan fingerprint density at radius 2 is 2.29 bits per heavy atom. The molecule has 1 amide bonds. The predicted molar refractivity (Wildman–Crippen MR) is 82.0 cm³/mol. The molecule has 2 aliphatic heterocycles. The van der Waals surface area contributed by atoms with Crippen LogP contribution in [0.1, 0.15) is 0 Å². The molecule has 10 nitrogen and oxygen atoms in total. The molecule has 130 valence electrons. The monoisotopic (exact) mass is 377 g/mol. The van der Waals surface area contributed by atoms with Gasteiger partial charge in [0, 0.05) is 5.75 Å². The highest BCUT2D eigenvalue weighted by molar-refractivity contribution is 8.00. The second kappa shape index (κ2) is 7.66. The van der Waals surface area contributed by atoms with Crippen LogP contribution in [0.25, 0.3) is 0 Å². The van der Waals surface area contributed by atoms with Crippen LogP contribution in [0.4, 0.5) is 0 Å². The lowest BCUT2D eigenvalue weighted by atomic mass is 10.0. The largest absolute Gasteiger partial charge is 0.477 e. The van der Waals surface area contributed by atoms with E-state index in [2.05, 4.69) is 27.1 Å². The van der Waals surface area contributed by atoms with Crippen molar-refractivity contribution in [3.63, 3.8) is 0 Å². The summed E-state index contributed by atoms with van der Waals surface area (Å²) in [4.78, 5) is 44.7. The number of Topliss-reactive ketones (excluding diaryl/α,β-unsaturated/α-hetero) is 1. The minimum atomic E-state index is -1.23. The van der Waals surface area contributed by atoms with Gasteiger partial charge in [-0.25, -0.2) is 4.79 Å². The summed E-state index contributed by atoms with van der Waals surface area (Å²) < 4.78 is 0. The fraction of sp³-hybridized carbons (Fsp3) is 0.333. The molecule has 2 atom stereocenters. The van der Waals surface area contributed by atoms with Crippen molar-refractivity contribution >= 4 is 46.9 Å². The Kier molecular flexibility index (Phi) is 5.83. The van der Waals surface area contributed by atoms with Crippen LogP contribution in [0.15, 0.2) is 29.1 Å². The van der Waals surface area contributed by atoms with E-state index in [9.17, 15) is 19.5 Å². The molecule has 0 radical (unpaired) electrons. The third-order valence-corrected chi connectivity index (χ3v) is 4.74. The fourth-order valence-corrected chi connectivity index (χ4v) is 3.51. The summed E-state index contributed by atoms with van der Waals surface area (Å²) in [6.07, 6.45) is 1.39. The van der Waals surface area contributed by atoms with Crippen molar-refractivity contribution in [2.75, 3.05) is 11.6 Å². The van der Waals surface area contributed by atoms with Gasteiger partial charge < -0.3 is 10.3 Å². The summed E-state index contributed by atoms with van der Waals surface area (Å²) in [6.45, 7) is 3.54. The number of carboxylic acid groups (broad SMARTS) is 1. The average Bonchev–Trinajstić information content (AvgIpc) is 2.59. The molecule has 0 aromatic carbocycles. The average molecular weight is 378 g/mol. The van der Waals surface area contributed by atoms with Gasteiger partial charge in [-0.05, 0) is 10.7 Å². The number of thioether (sulfide) groups is 1. The molecular formula is C12H12ClN3O7S. The summed E-state index contributed by atoms with van der Waals surface area (Å²) in [6, 6.07) is -0.901. The molecule has 1 saturated heterocycles. The normalized spacial score (nSPS) is 23.5. The quantitative estimate of drug-likeness (QED) is 0.105. The number of oxime groups is 1. The fourth-order valence-electron chi connectivity index (χ4n) is 2.07. The molecule has 0 aliphatic carbocycles. The summed E-state index contributed by atoms with van der Waals surface area (Å²) in [5, 5.41) is 19.8. The third kappa shape index (κ3) is 3.24. The molecule has 0 aromatic rings. The van der Waals surface area contributed by atoms with Gasteiger partial charge in [0.2, 0.25) is 5.78 Å². The number of carbonyl (C=O) groups excluding carboxylic acids is 2. The summed E-state index contributed by atoms with van der Waals surface area (Å²) in [7, 11) is 0. The summed E-state index contributed by atoms with van der Waals surface area (Å²) >= 11 is 6.56. The van der Waals surface area contributed by atoms with Crippen LogP contribution in [0.5, 0.6) is 0 Å². The number of nitrogens with one attached hydrogen (secondary N) is 1. The first-order chi connectivity index (χ1) is 11.5. The third-order valence-electron chi connectivity index (χ3n) is 3.19. The molecule has 24 heavy (non-hydrogen) atoms. The Balaban J connectivity index is 1.99. The van der Waals surface area contributed by atoms with Gasteiger partial charge in [0.25, 0.3) is 5.91 Å². The maximum atomic E-state index is 12.1. The topological polar surface area (TPSA) is 138 Å². The van der Waals surface area contributed by atoms with Gasteiger partial charge in [0.1, 0.15) is 17.1 Å². The highest BCUT2D eigenvalue weighted by Crippen LogP contribution is 2.40. The van der Waals surface area contributed by atoms with Crippen molar-refractivity contribution in [1.29, 1.82) is 0 Å². The second-order valence-electron chi connectivity index (χ2n) is 4.52. The van der Waals surface area contributed by atoms with E-state index in [0.29, 0.717) is 11.3 Å². The molecule has 3 N–H and O–H groups in total. The van der Waals surface area contributed by atoms with Crippen LogP contribution in [0, 0.1) is 0 Å².